The largest absolute Gasteiger partial charge is 0.378 e. The maximum Gasteiger partial charge on any atom is 0.0603 e. The van der Waals surface area contributed by atoms with E-state index in [2.05, 4.69) is 13.8 Å². The summed E-state index contributed by atoms with van der Waals surface area (Å²) in [4.78, 5) is 0. The Kier molecular flexibility index (Phi) is 3.53. The van der Waals surface area contributed by atoms with Crippen molar-refractivity contribution in [3.05, 3.63) is 0 Å². The van der Waals surface area contributed by atoms with Gasteiger partial charge < -0.3 is 10.5 Å². The van der Waals surface area contributed by atoms with Crippen LogP contribution in [0.3, 0.4) is 0 Å². The lowest BCUT2D eigenvalue weighted by Crippen LogP contribution is -2.42. The second-order valence-electron chi connectivity index (χ2n) is 3.85. The Morgan fingerprint density at radius 2 is 2.17 bits per heavy atom. The van der Waals surface area contributed by atoms with Gasteiger partial charge in [0.25, 0.3) is 0 Å². The molecule has 0 amide bonds. The van der Waals surface area contributed by atoms with Gasteiger partial charge in [-0.15, -0.1) is 0 Å². The van der Waals surface area contributed by atoms with Gasteiger partial charge >= 0.3 is 0 Å². The van der Waals surface area contributed by atoms with Gasteiger partial charge in [0, 0.05) is 6.61 Å². The molecule has 2 heteroatoms. The number of ether oxygens (including phenoxy) is 1. The molecule has 1 unspecified atom stereocenters. The van der Waals surface area contributed by atoms with Crippen molar-refractivity contribution in [1.82, 2.24) is 0 Å². The van der Waals surface area contributed by atoms with E-state index in [0.717, 1.165) is 19.6 Å². The molecule has 0 aromatic carbocycles. The van der Waals surface area contributed by atoms with Gasteiger partial charge in [-0.1, -0.05) is 6.42 Å². The van der Waals surface area contributed by atoms with Gasteiger partial charge in [-0.3, -0.25) is 0 Å². The zero-order valence-corrected chi connectivity index (χ0v) is 8.31. The first-order valence-electron chi connectivity index (χ1n) is 5.07. The molecule has 0 radical (unpaired) electrons. The van der Waals surface area contributed by atoms with Crippen molar-refractivity contribution >= 4 is 0 Å². The van der Waals surface area contributed by atoms with E-state index in [0.29, 0.717) is 11.5 Å². The smallest absolute Gasteiger partial charge is 0.0603 e. The summed E-state index contributed by atoms with van der Waals surface area (Å²) >= 11 is 0. The summed E-state index contributed by atoms with van der Waals surface area (Å²) in [7, 11) is 0. The molecule has 0 aliphatic heterocycles. The lowest BCUT2D eigenvalue weighted by Gasteiger charge is -2.46. The SMILES string of the molecule is CCOC(C)C1(CCN)CCC1. The molecule has 0 bridgehead atoms. The van der Waals surface area contributed by atoms with Crippen molar-refractivity contribution in [3.8, 4) is 0 Å². The summed E-state index contributed by atoms with van der Waals surface area (Å²) in [6.45, 7) is 5.88. The van der Waals surface area contributed by atoms with Gasteiger partial charge in [0.2, 0.25) is 0 Å². The van der Waals surface area contributed by atoms with E-state index in [-0.39, 0.29) is 0 Å². The highest BCUT2D eigenvalue weighted by Crippen LogP contribution is 2.47. The average molecular weight is 171 g/mol. The van der Waals surface area contributed by atoms with E-state index in [1.54, 1.807) is 0 Å². The van der Waals surface area contributed by atoms with E-state index in [1.807, 2.05) is 0 Å². The summed E-state index contributed by atoms with van der Waals surface area (Å²) in [5.41, 5.74) is 6.04. The van der Waals surface area contributed by atoms with Crippen LogP contribution in [0.4, 0.5) is 0 Å². The fourth-order valence-electron chi connectivity index (χ4n) is 2.20. The van der Waals surface area contributed by atoms with E-state index in [1.165, 1.54) is 19.3 Å². The minimum absolute atomic E-state index is 0.403. The molecule has 0 saturated heterocycles. The standard InChI is InChI=1S/C10H21NO/c1-3-12-9(2)10(7-8-11)5-4-6-10/h9H,3-8,11H2,1-2H3. The lowest BCUT2D eigenvalue weighted by atomic mass is 9.63. The zero-order valence-electron chi connectivity index (χ0n) is 8.31. The van der Waals surface area contributed by atoms with Crippen LogP contribution in [-0.4, -0.2) is 19.3 Å². The molecule has 0 aromatic heterocycles. The van der Waals surface area contributed by atoms with Crippen LogP contribution in [0.5, 0.6) is 0 Å². The summed E-state index contributed by atoms with van der Waals surface area (Å²) in [5, 5.41) is 0. The molecule has 1 fully saturated rings. The Morgan fingerprint density at radius 3 is 2.50 bits per heavy atom. The van der Waals surface area contributed by atoms with Crippen molar-refractivity contribution in [2.24, 2.45) is 11.1 Å². The molecule has 1 aliphatic rings. The third-order valence-corrected chi connectivity index (χ3v) is 3.27. The molecule has 1 atom stereocenters. The van der Waals surface area contributed by atoms with Gasteiger partial charge in [-0.2, -0.15) is 0 Å². The summed E-state index contributed by atoms with van der Waals surface area (Å²) in [6.07, 6.45) is 5.52. The Balaban J connectivity index is 2.41. The van der Waals surface area contributed by atoms with Crippen LogP contribution in [0.2, 0.25) is 0 Å². The third-order valence-electron chi connectivity index (χ3n) is 3.27. The average Bonchev–Trinajstić information content (AvgIpc) is 1.97. The molecule has 0 spiro atoms. The Morgan fingerprint density at radius 1 is 1.50 bits per heavy atom. The van der Waals surface area contributed by atoms with Gasteiger partial charge in [0.05, 0.1) is 6.10 Å². The highest BCUT2D eigenvalue weighted by atomic mass is 16.5. The monoisotopic (exact) mass is 171 g/mol. The topological polar surface area (TPSA) is 35.2 Å². The third kappa shape index (κ3) is 1.80. The Hall–Kier alpha value is -0.0800. The molecular formula is C10H21NO. The molecule has 72 valence electrons. The minimum Gasteiger partial charge on any atom is -0.378 e. The molecule has 2 N–H and O–H groups in total. The molecule has 1 saturated carbocycles. The number of hydrogen-bond donors (Lipinski definition) is 1. The molecule has 1 aliphatic carbocycles. The molecule has 2 nitrogen and oxygen atoms in total. The maximum absolute atomic E-state index is 5.65. The van der Waals surface area contributed by atoms with E-state index >= 15 is 0 Å². The van der Waals surface area contributed by atoms with Gasteiger partial charge in [0.15, 0.2) is 0 Å². The molecular weight excluding hydrogens is 150 g/mol. The van der Waals surface area contributed by atoms with Gasteiger partial charge in [0.1, 0.15) is 0 Å². The fraction of sp³-hybridized carbons (Fsp3) is 1.00. The first-order chi connectivity index (χ1) is 5.75. The maximum atomic E-state index is 5.65. The lowest BCUT2D eigenvalue weighted by molar-refractivity contribution is -0.0709. The van der Waals surface area contributed by atoms with Crippen LogP contribution in [0.15, 0.2) is 0 Å². The summed E-state index contributed by atoms with van der Waals surface area (Å²) in [5.74, 6) is 0. The predicted octanol–water partition coefficient (Wildman–Crippen LogP) is 1.93. The van der Waals surface area contributed by atoms with Crippen LogP contribution in [0.1, 0.15) is 39.5 Å². The highest BCUT2D eigenvalue weighted by molar-refractivity contribution is 4.92. The highest BCUT2D eigenvalue weighted by Gasteiger charge is 2.41. The fourth-order valence-corrected chi connectivity index (χ4v) is 2.20. The zero-order chi connectivity index (χ0) is 9.03. The molecule has 12 heavy (non-hydrogen) atoms. The van der Waals surface area contributed by atoms with Gasteiger partial charge in [-0.05, 0) is 45.1 Å². The van der Waals surface area contributed by atoms with E-state index in [4.69, 9.17) is 10.5 Å². The van der Waals surface area contributed by atoms with Crippen LogP contribution < -0.4 is 5.73 Å². The summed E-state index contributed by atoms with van der Waals surface area (Å²) in [6, 6.07) is 0. The number of hydrogen-bond acceptors (Lipinski definition) is 2. The molecule has 0 aromatic rings. The molecule has 1 rings (SSSR count). The van der Waals surface area contributed by atoms with Crippen LogP contribution in [0.25, 0.3) is 0 Å². The van der Waals surface area contributed by atoms with Crippen molar-refractivity contribution in [3.63, 3.8) is 0 Å². The second-order valence-corrected chi connectivity index (χ2v) is 3.85. The van der Waals surface area contributed by atoms with Crippen LogP contribution in [0, 0.1) is 5.41 Å². The molecule has 0 heterocycles. The predicted molar refractivity (Wildman–Crippen MR) is 51.0 cm³/mol. The number of rotatable bonds is 5. The minimum atomic E-state index is 0.403. The van der Waals surface area contributed by atoms with Crippen molar-refractivity contribution < 1.29 is 4.74 Å². The van der Waals surface area contributed by atoms with Crippen LogP contribution >= 0.6 is 0 Å². The van der Waals surface area contributed by atoms with Crippen molar-refractivity contribution in [1.29, 1.82) is 0 Å². The first kappa shape index (κ1) is 10.0. The van der Waals surface area contributed by atoms with E-state index in [9.17, 15) is 0 Å². The normalized spacial score (nSPS) is 23.2. The second kappa shape index (κ2) is 4.24. The van der Waals surface area contributed by atoms with Crippen LogP contribution in [-0.2, 0) is 4.74 Å². The first-order valence-corrected chi connectivity index (χ1v) is 5.07. The number of nitrogens with two attached hydrogens (primary N) is 1. The van der Waals surface area contributed by atoms with E-state index < -0.39 is 0 Å². The van der Waals surface area contributed by atoms with Crippen molar-refractivity contribution in [2.75, 3.05) is 13.2 Å². The summed E-state index contributed by atoms with van der Waals surface area (Å²) < 4.78 is 5.65. The van der Waals surface area contributed by atoms with Gasteiger partial charge in [-0.25, -0.2) is 0 Å². The Bertz CT molecular complexity index is 132. The quantitative estimate of drug-likeness (QED) is 0.686. The Labute approximate surface area is 75.5 Å². The van der Waals surface area contributed by atoms with Crippen molar-refractivity contribution in [2.45, 2.75) is 45.6 Å².